The number of nitrogens with zero attached hydrogens (tertiary/aromatic N) is 1. The minimum absolute atomic E-state index is 0.439. The Balaban J connectivity index is 2.21. The Morgan fingerprint density at radius 1 is 1.50 bits per heavy atom. The molecule has 1 aromatic carbocycles. The second kappa shape index (κ2) is 5.87. The van der Waals surface area contributed by atoms with E-state index in [1.165, 1.54) is 0 Å². The van der Waals surface area contributed by atoms with Crippen LogP contribution in [0.4, 0.5) is 5.69 Å². The average molecular weight is 249 g/mol. The second-order valence-corrected chi connectivity index (χ2v) is 4.40. The molecule has 0 spiro atoms. The molecular formula is C14H19NO3. The zero-order valence-electron chi connectivity index (χ0n) is 10.7. The number of ether oxygens (including phenoxy) is 1. The third-order valence-corrected chi connectivity index (χ3v) is 3.29. The lowest BCUT2D eigenvalue weighted by Gasteiger charge is -2.31. The van der Waals surface area contributed by atoms with Crippen LogP contribution in [0, 0.1) is 0 Å². The number of carboxylic acid groups (broad SMARTS) is 1. The van der Waals surface area contributed by atoms with Gasteiger partial charge in [0.15, 0.2) is 0 Å². The van der Waals surface area contributed by atoms with Gasteiger partial charge in [0.1, 0.15) is 0 Å². The largest absolute Gasteiger partial charge is 0.478 e. The molecule has 1 N–H and O–H groups in total. The summed E-state index contributed by atoms with van der Waals surface area (Å²) in [6, 6.07) is 5.52. The van der Waals surface area contributed by atoms with E-state index in [4.69, 9.17) is 4.74 Å². The quantitative estimate of drug-likeness (QED) is 0.813. The van der Waals surface area contributed by atoms with Crippen LogP contribution < -0.4 is 4.90 Å². The average Bonchev–Trinajstić information content (AvgIpc) is 2.38. The number of hydrogen-bond acceptors (Lipinski definition) is 3. The van der Waals surface area contributed by atoms with E-state index in [0.717, 1.165) is 43.8 Å². The number of fused-ring (bicyclic) bond motifs is 1. The van der Waals surface area contributed by atoms with E-state index in [9.17, 15) is 9.90 Å². The molecule has 4 heteroatoms. The Hall–Kier alpha value is -1.55. The van der Waals surface area contributed by atoms with Gasteiger partial charge >= 0.3 is 5.97 Å². The lowest BCUT2D eigenvalue weighted by atomic mass is 9.96. The first-order valence-corrected chi connectivity index (χ1v) is 6.42. The van der Waals surface area contributed by atoms with Gasteiger partial charge < -0.3 is 14.7 Å². The number of aromatic carboxylic acids is 1. The Labute approximate surface area is 107 Å². The summed E-state index contributed by atoms with van der Waals surface area (Å²) >= 11 is 0. The highest BCUT2D eigenvalue weighted by atomic mass is 16.5. The molecule has 0 fully saturated rings. The van der Waals surface area contributed by atoms with Crippen molar-refractivity contribution < 1.29 is 14.6 Å². The van der Waals surface area contributed by atoms with Crippen molar-refractivity contribution >= 4 is 11.7 Å². The molecule has 0 saturated heterocycles. The van der Waals surface area contributed by atoms with E-state index in [2.05, 4.69) is 4.90 Å². The highest BCUT2D eigenvalue weighted by Gasteiger charge is 2.21. The van der Waals surface area contributed by atoms with Gasteiger partial charge in [-0.3, -0.25) is 0 Å². The van der Waals surface area contributed by atoms with E-state index in [1.807, 2.05) is 19.1 Å². The zero-order chi connectivity index (χ0) is 13.0. The Kier molecular flexibility index (Phi) is 4.20. The normalized spacial score (nSPS) is 14.4. The summed E-state index contributed by atoms with van der Waals surface area (Å²) in [4.78, 5) is 13.4. The van der Waals surface area contributed by atoms with Gasteiger partial charge in [0, 0.05) is 25.4 Å². The van der Waals surface area contributed by atoms with Crippen molar-refractivity contribution in [2.45, 2.75) is 19.8 Å². The van der Waals surface area contributed by atoms with Gasteiger partial charge in [-0.25, -0.2) is 4.79 Å². The molecule has 0 amide bonds. The molecular weight excluding hydrogens is 230 g/mol. The molecule has 1 aromatic rings. The number of rotatable bonds is 5. The third kappa shape index (κ3) is 2.64. The highest BCUT2D eigenvalue weighted by Crippen LogP contribution is 2.29. The van der Waals surface area contributed by atoms with E-state index in [0.29, 0.717) is 12.2 Å². The standard InChI is InChI=1S/C14H19NO3/c1-2-18-10-9-15-8-4-6-11-12(14(16)17)5-3-7-13(11)15/h3,5,7H,2,4,6,8-10H2,1H3,(H,16,17). The van der Waals surface area contributed by atoms with Crippen molar-refractivity contribution in [3.8, 4) is 0 Å². The van der Waals surface area contributed by atoms with Crippen LogP contribution in [0.3, 0.4) is 0 Å². The fourth-order valence-electron chi connectivity index (χ4n) is 2.45. The van der Waals surface area contributed by atoms with E-state index < -0.39 is 5.97 Å². The van der Waals surface area contributed by atoms with Crippen LogP contribution in [-0.2, 0) is 11.2 Å². The molecule has 1 aliphatic rings. The molecule has 0 saturated carbocycles. The summed E-state index contributed by atoms with van der Waals surface area (Å²) in [5.41, 5.74) is 2.46. The maximum atomic E-state index is 11.2. The number of anilines is 1. The second-order valence-electron chi connectivity index (χ2n) is 4.40. The minimum atomic E-state index is -0.835. The first-order chi connectivity index (χ1) is 8.74. The smallest absolute Gasteiger partial charge is 0.336 e. The maximum Gasteiger partial charge on any atom is 0.336 e. The summed E-state index contributed by atoms with van der Waals surface area (Å²) in [5, 5.41) is 9.20. The van der Waals surface area contributed by atoms with Crippen LogP contribution in [0.1, 0.15) is 29.3 Å². The van der Waals surface area contributed by atoms with Gasteiger partial charge in [-0.2, -0.15) is 0 Å². The van der Waals surface area contributed by atoms with Crippen LogP contribution in [0.15, 0.2) is 18.2 Å². The highest BCUT2D eigenvalue weighted by molar-refractivity contribution is 5.91. The number of carboxylic acids is 1. The van der Waals surface area contributed by atoms with Gasteiger partial charge in [0.25, 0.3) is 0 Å². The van der Waals surface area contributed by atoms with Crippen LogP contribution >= 0.6 is 0 Å². The van der Waals surface area contributed by atoms with Crippen molar-refractivity contribution in [1.82, 2.24) is 0 Å². The van der Waals surface area contributed by atoms with Crippen molar-refractivity contribution in [2.24, 2.45) is 0 Å². The van der Waals surface area contributed by atoms with Gasteiger partial charge in [0.05, 0.1) is 12.2 Å². The SMILES string of the molecule is CCOCCN1CCCc2c(C(=O)O)cccc21. The van der Waals surface area contributed by atoms with Crippen molar-refractivity contribution in [1.29, 1.82) is 0 Å². The number of hydrogen-bond donors (Lipinski definition) is 1. The zero-order valence-corrected chi connectivity index (χ0v) is 10.7. The molecule has 0 bridgehead atoms. The van der Waals surface area contributed by atoms with Crippen LogP contribution in [0.25, 0.3) is 0 Å². The summed E-state index contributed by atoms with van der Waals surface area (Å²) in [5.74, 6) is -0.835. The van der Waals surface area contributed by atoms with Gasteiger partial charge in [-0.05, 0) is 37.5 Å². The Morgan fingerprint density at radius 3 is 3.06 bits per heavy atom. The van der Waals surface area contributed by atoms with Crippen LogP contribution in [0.2, 0.25) is 0 Å². The van der Waals surface area contributed by atoms with Crippen molar-refractivity contribution in [2.75, 3.05) is 31.2 Å². The fourth-order valence-corrected chi connectivity index (χ4v) is 2.45. The topological polar surface area (TPSA) is 49.8 Å². The lowest BCUT2D eigenvalue weighted by Crippen LogP contribution is -2.33. The summed E-state index contributed by atoms with van der Waals surface area (Å²) in [6.45, 7) is 5.18. The van der Waals surface area contributed by atoms with Gasteiger partial charge in [-0.1, -0.05) is 6.07 Å². The molecule has 2 rings (SSSR count). The van der Waals surface area contributed by atoms with E-state index >= 15 is 0 Å². The number of carbonyl (C=O) groups is 1. The molecule has 0 radical (unpaired) electrons. The summed E-state index contributed by atoms with van der Waals surface area (Å²) in [6.07, 6.45) is 1.85. The molecule has 1 aliphatic heterocycles. The summed E-state index contributed by atoms with van der Waals surface area (Å²) < 4.78 is 5.37. The predicted molar refractivity (Wildman–Crippen MR) is 70.4 cm³/mol. The lowest BCUT2D eigenvalue weighted by molar-refractivity contribution is 0.0695. The Bertz CT molecular complexity index is 431. The molecule has 18 heavy (non-hydrogen) atoms. The predicted octanol–water partition coefficient (Wildman–Crippen LogP) is 2.17. The molecule has 0 atom stereocenters. The van der Waals surface area contributed by atoms with E-state index in [1.54, 1.807) is 6.07 Å². The molecule has 98 valence electrons. The first kappa shape index (κ1) is 12.9. The number of benzene rings is 1. The summed E-state index contributed by atoms with van der Waals surface area (Å²) in [7, 11) is 0. The molecule has 0 aliphatic carbocycles. The van der Waals surface area contributed by atoms with Crippen LogP contribution in [0.5, 0.6) is 0 Å². The van der Waals surface area contributed by atoms with E-state index in [-0.39, 0.29) is 0 Å². The third-order valence-electron chi connectivity index (χ3n) is 3.29. The minimum Gasteiger partial charge on any atom is -0.478 e. The monoisotopic (exact) mass is 249 g/mol. The van der Waals surface area contributed by atoms with Crippen molar-refractivity contribution in [3.05, 3.63) is 29.3 Å². The molecule has 4 nitrogen and oxygen atoms in total. The fraction of sp³-hybridized carbons (Fsp3) is 0.500. The van der Waals surface area contributed by atoms with Gasteiger partial charge in [0.2, 0.25) is 0 Å². The van der Waals surface area contributed by atoms with Crippen molar-refractivity contribution in [3.63, 3.8) is 0 Å². The maximum absolute atomic E-state index is 11.2. The molecule has 1 heterocycles. The van der Waals surface area contributed by atoms with Crippen LogP contribution in [-0.4, -0.2) is 37.4 Å². The first-order valence-electron chi connectivity index (χ1n) is 6.42. The van der Waals surface area contributed by atoms with Gasteiger partial charge in [-0.15, -0.1) is 0 Å². The molecule has 0 unspecified atom stereocenters. The Morgan fingerprint density at radius 2 is 2.33 bits per heavy atom. The molecule has 0 aromatic heterocycles.